The summed E-state index contributed by atoms with van der Waals surface area (Å²) in [5.41, 5.74) is 1.21. The van der Waals surface area contributed by atoms with E-state index in [0.29, 0.717) is 24.7 Å². The highest BCUT2D eigenvalue weighted by atomic mass is 16.4. The van der Waals surface area contributed by atoms with Crippen molar-refractivity contribution >= 4 is 17.8 Å². The Morgan fingerprint density at radius 1 is 1.35 bits per heavy atom. The molecule has 2 aliphatic rings. The predicted octanol–water partition coefficient (Wildman–Crippen LogP) is 1.90. The standard InChI is InChI=1S/C14H17N3O3/c18-13(19)11-4-6-17(8-11)14(20)16-12-7-10(3-5-15-12)9-1-2-9/h3,5,7,9,11H,1-2,4,6,8H2,(H,18,19)(H,15,16,20). The minimum absolute atomic E-state index is 0.267. The summed E-state index contributed by atoms with van der Waals surface area (Å²) in [6.45, 7) is 0.745. The maximum Gasteiger partial charge on any atom is 0.323 e. The maximum absolute atomic E-state index is 12.1. The summed E-state index contributed by atoms with van der Waals surface area (Å²) >= 11 is 0. The molecule has 0 spiro atoms. The normalized spacial score (nSPS) is 21.8. The second-order valence-corrected chi connectivity index (χ2v) is 5.45. The van der Waals surface area contributed by atoms with E-state index in [9.17, 15) is 9.59 Å². The summed E-state index contributed by atoms with van der Waals surface area (Å²) in [5, 5.41) is 11.7. The maximum atomic E-state index is 12.1. The average Bonchev–Trinajstić information content (AvgIpc) is 3.15. The Balaban J connectivity index is 1.61. The lowest BCUT2D eigenvalue weighted by Crippen LogP contribution is -2.34. The summed E-state index contributed by atoms with van der Waals surface area (Å²) in [6, 6.07) is 3.61. The van der Waals surface area contributed by atoms with Gasteiger partial charge < -0.3 is 10.0 Å². The zero-order valence-electron chi connectivity index (χ0n) is 11.1. The van der Waals surface area contributed by atoms with Crippen LogP contribution in [-0.2, 0) is 4.79 Å². The number of carbonyl (C=O) groups excluding carboxylic acids is 1. The summed E-state index contributed by atoms with van der Waals surface area (Å²) in [4.78, 5) is 28.6. The Labute approximate surface area is 116 Å². The molecule has 1 saturated heterocycles. The topological polar surface area (TPSA) is 82.5 Å². The van der Waals surface area contributed by atoms with Gasteiger partial charge in [-0.15, -0.1) is 0 Å². The van der Waals surface area contributed by atoms with E-state index in [1.807, 2.05) is 12.1 Å². The number of anilines is 1. The van der Waals surface area contributed by atoms with Crippen LogP contribution in [0.25, 0.3) is 0 Å². The number of aromatic nitrogens is 1. The minimum atomic E-state index is -0.839. The molecule has 1 aromatic rings. The first-order chi connectivity index (χ1) is 9.63. The van der Waals surface area contributed by atoms with Gasteiger partial charge in [0, 0.05) is 19.3 Å². The molecular formula is C14H17N3O3. The van der Waals surface area contributed by atoms with E-state index in [1.165, 1.54) is 23.3 Å². The van der Waals surface area contributed by atoms with Crippen molar-refractivity contribution in [1.29, 1.82) is 0 Å². The van der Waals surface area contributed by atoms with Crippen molar-refractivity contribution in [1.82, 2.24) is 9.88 Å². The fraction of sp³-hybridized carbons (Fsp3) is 0.500. The first-order valence-electron chi connectivity index (χ1n) is 6.88. The van der Waals surface area contributed by atoms with Crippen molar-refractivity contribution in [3.63, 3.8) is 0 Å². The minimum Gasteiger partial charge on any atom is -0.481 e. The van der Waals surface area contributed by atoms with Crippen molar-refractivity contribution < 1.29 is 14.7 Å². The fourth-order valence-electron chi connectivity index (χ4n) is 2.52. The zero-order valence-corrected chi connectivity index (χ0v) is 11.1. The highest BCUT2D eigenvalue weighted by Crippen LogP contribution is 2.40. The van der Waals surface area contributed by atoms with Crippen molar-refractivity contribution in [2.75, 3.05) is 18.4 Å². The molecule has 2 N–H and O–H groups in total. The molecule has 0 bridgehead atoms. The molecule has 1 unspecified atom stereocenters. The number of hydrogen-bond donors (Lipinski definition) is 2. The van der Waals surface area contributed by atoms with E-state index in [4.69, 9.17) is 5.11 Å². The molecule has 1 atom stereocenters. The van der Waals surface area contributed by atoms with Crippen LogP contribution in [0.5, 0.6) is 0 Å². The highest BCUT2D eigenvalue weighted by Gasteiger charge is 2.31. The number of nitrogens with one attached hydrogen (secondary N) is 1. The SMILES string of the molecule is O=C(O)C1CCN(C(=O)Nc2cc(C3CC3)ccn2)C1. The lowest BCUT2D eigenvalue weighted by Gasteiger charge is -2.16. The Bertz CT molecular complexity index is 542. The van der Waals surface area contributed by atoms with Crippen LogP contribution >= 0.6 is 0 Å². The van der Waals surface area contributed by atoms with E-state index in [0.717, 1.165) is 0 Å². The van der Waals surface area contributed by atoms with Crippen LogP contribution in [0, 0.1) is 5.92 Å². The molecule has 3 rings (SSSR count). The highest BCUT2D eigenvalue weighted by molar-refractivity contribution is 5.89. The number of hydrogen-bond acceptors (Lipinski definition) is 3. The molecule has 1 saturated carbocycles. The number of pyridine rings is 1. The number of urea groups is 1. The molecule has 20 heavy (non-hydrogen) atoms. The Kier molecular flexibility index (Phi) is 3.30. The quantitative estimate of drug-likeness (QED) is 0.882. The van der Waals surface area contributed by atoms with E-state index in [-0.39, 0.29) is 12.6 Å². The molecule has 1 aliphatic carbocycles. The molecule has 2 fully saturated rings. The van der Waals surface area contributed by atoms with Crippen molar-refractivity contribution in [3.8, 4) is 0 Å². The van der Waals surface area contributed by atoms with E-state index in [2.05, 4.69) is 10.3 Å². The van der Waals surface area contributed by atoms with Gasteiger partial charge in [0.25, 0.3) is 0 Å². The number of rotatable bonds is 3. The Morgan fingerprint density at radius 3 is 2.80 bits per heavy atom. The lowest BCUT2D eigenvalue weighted by atomic mass is 10.1. The molecular weight excluding hydrogens is 258 g/mol. The molecule has 106 valence electrons. The summed E-state index contributed by atoms with van der Waals surface area (Å²) in [7, 11) is 0. The second-order valence-electron chi connectivity index (χ2n) is 5.45. The fourth-order valence-corrected chi connectivity index (χ4v) is 2.52. The van der Waals surface area contributed by atoms with Crippen LogP contribution < -0.4 is 5.32 Å². The van der Waals surface area contributed by atoms with E-state index >= 15 is 0 Å². The van der Waals surface area contributed by atoms with Gasteiger partial charge in [0.2, 0.25) is 0 Å². The van der Waals surface area contributed by atoms with Crippen molar-refractivity contribution in [2.24, 2.45) is 5.92 Å². The van der Waals surface area contributed by atoms with Gasteiger partial charge in [0.1, 0.15) is 5.82 Å². The monoisotopic (exact) mass is 275 g/mol. The summed E-state index contributed by atoms with van der Waals surface area (Å²) in [6.07, 6.45) is 4.61. The molecule has 0 aromatic carbocycles. The van der Waals surface area contributed by atoms with Gasteiger partial charge >= 0.3 is 12.0 Å². The average molecular weight is 275 g/mol. The van der Waals surface area contributed by atoms with Crippen LogP contribution in [-0.4, -0.2) is 40.1 Å². The smallest absolute Gasteiger partial charge is 0.323 e. The number of likely N-dealkylation sites (tertiary alicyclic amines) is 1. The largest absolute Gasteiger partial charge is 0.481 e. The Morgan fingerprint density at radius 2 is 2.15 bits per heavy atom. The van der Waals surface area contributed by atoms with Gasteiger partial charge in [-0.2, -0.15) is 0 Å². The van der Waals surface area contributed by atoms with Gasteiger partial charge in [-0.1, -0.05) is 0 Å². The zero-order chi connectivity index (χ0) is 14.1. The first kappa shape index (κ1) is 12.9. The number of aliphatic carboxylic acids is 1. The Hall–Kier alpha value is -2.11. The third-order valence-electron chi connectivity index (χ3n) is 3.89. The lowest BCUT2D eigenvalue weighted by molar-refractivity contribution is -0.141. The third-order valence-corrected chi connectivity index (χ3v) is 3.89. The van der Waals surface area contributed by atoms with Gasteiger partial charge in [-0.25, -0.2) is 9.78 Å². The van der Waals surface area contributed by atoms with E-state index < -0.39 is 11.9 Å². The summed E-state index contributed by atoms with van der Waals surface area (Å²) in [5.74, 6) is -0.143. The van der Waals surface area contributed by atoms with Crippen LogP contribution in [0.4, 0.5) is 10.6 Å². The van der Waals surface area contributed by atoms with Crippen LogP contribution in [0.15, 0.2) is 18.3 Å². The number of nitrogens with zero attached hydrogens (tertiary/aromatic N) is 2. The van der Waals surface area contributed by atoms with Crippen molar-refractivity contribution in [3.05, 3.63) is 23.9 Å². The first-order valence-corrected chi connectivity index (χ1v) is 6.88. The van der Waals surface area contributed by atoms with Gasteiger partial charge in [0.15, 0.2) is 0 Å². The molecule has 2 heterocycles. The molecule has 1 aromatic heterocycles. The van der Waals surface area contributed by atoms with Crippen LogP contribution in [0.1, 0.15) is 30.7 Å². The van der Waals surface area contributed by atoms with Gasteiger partial charge in [0.05, 0.1) is 5.92 Å². The third kappa shape index (κ3) is 2.74. The predicted molar refractivity (Wildman–Crippen MR) is 72.5 cm³/mol. The summed E-state index contributed by atoms with van der Waals surface area (Å²) < 4.78 is 0. The van der Waals surface area contributed by atoms with Crippen LogP contribution in [0.2, 0.25) is 0 Å². The molecule has 1 aliphatic heterocycles. The number of carboxylic acids is 1. The van der Waals surface area contributed by atoms with Crippen LogP contribution in [0.3, 0.4) is 0 Å². The number of amides is 2. The number of carbonyl (C=O) groups is 2. The van der Waals surface area contributed by atoms with Gasteiger partial charge in [-0.3, -0.25) is 10.1 Å². The van der Waals surface area contributed by atoms with Crippen molar-refractivity contribution in [2.45, 2.75) is 25.2 Å². The molecule has 2 amide bonds. The second kappa shape index (κ2) is 5.11. The molecule has 0 radical (unpaired) electrons. The molecule has 6 nitrogen and oxygen atoms in total. The van der Waals surface area contributed by atoms with E-state index in [1.54, 1.807) is 6.20 Å². The van der Waals surface area contributed by atoms with Gasteiger partial charge in [-0.05, 0) is 42.9 Å². The molecule has 6 heteroatoms. The number of carboxylic acid groups (broad SMARTS) is 1.